The van der Waals surface area contributed by atoms with Crippen molar-refractivity contribution in [3.63, 3.8) is 0 Å². The number of carbonyl (C=O) groups excluding carboxylic acids is 1. The maximum Gasteiger partial charge on any atom is 0.422 e. The molecule has 0 fully saturated rings. The van der Waals surface area contributed by atoms with E-state index >= 15 is 0 Å². The van der Waals surface area contributed by atoms with E-state index < -0.39 is 18.8 Å². The highest BCUT2D eigenvalue weighted by molar-refractivity contribution is 6.01. The summed E-state index contributed by atoms with van der Waals surface area (Å²) in [6, 6.07) is 12.5. The quantitative estimate of drug-likeness (QED) is 0.364. The molecule has 0 saturated heterocycles. The van der Waals surface area contributed by atoms with Crippen molar-refractivity contribution < 1.29 is 22.7 Å². The van der Waals surface area contributed by atoms with Gasteiger partial charge in [-0.05, 0) is 66.8 Å². The summed E-state index contributed by atoms with van der Waals surface area (Å²) in [5, 5.41) is 0. The van der Waals surface area contributed by atoms with Gasteiger partial charge in [-0.2, -0.15) is 13.2 Å². The summed E-state index contributed by atoms with van der Waals surface area (Å²) in [7, 11) is 0. The first-order valence-corrected chi connectivity index (χ1v) is 9.64. The summed E-state index contributed by atoms with van der Waals surface area (Å²) in [5.74, 6) is -1.12. The minimum absolute atomic E-state index is 0.0858. The van der Waals surface area contributed by atoms with E-state index in [1.807, 2.05) is 30.4 Å². The number of hydrogen-bond acceptors (Lipinski definition) is 4. The molecular weight excluding hydrogens is 421 g/mol. The van der Waals surface area contributed by atoms with E-state index in [-0.39, 0.29) is 11.3 Å². The molecule has 0 aliphatic carbocycles. The first kappa shape index (κ1) is 19.8. The third kappa shape index (κ3) is 4.18. The molecule has 3 aromatic rings. The van der Waals surface area contributed by atoms with Gasteiger partial charge in [0, 0.05) is 16.6 Å². The van der Waals surface area contributed by atoms with Gasteiger partial charge in [-0.25, -0.2) is 14.8 Å². The second kappa shape index (κ2) is 7.52. The number of aromatic amines is 2. The molecule has 0 radical (unpaired) electrons. The molecule has 2 aliphatic heterocycles. The second-order valence-electron chi connectivity index (χ2n) is 7.25. The summed E-state index contributed by atoms with van der Waals surface area (Å²) in [6.45, 7) is -1.68. The fourth-order valence-electron chi connectivity index (χ4n) is 3.44. The average Bonchev–Trinajstić information content (AvgIpc) is 3.51. The molecule has 0 amide bonds. The molecule has 0 spiro atoms. The monoisotopic (exact) mass is 436 g/mol. The summed E-state index contributed by atoms with van der Waals surface area (Å²) in [5.41, 5.74) is 4.64. The van der Waals surface area contributed by atoms with Crippen LogP contribution in [-0.2, 0) is 4.74 Å². The molecule has 2 N–H and O–H groups in total. The van der Waals surface area contributed by atoms with Crippen LogP contribution in [0.3, 0.4) is 0 Å². The number of fused-ring (bicyclic) bond motifs is 8. The molecule has 160 valence electrons. The van der Waals surface area contributed by atoms with Gasteiger partial charge in [0.1, 0.15) is 5.56 Å². The van der Waals surface area contributed by atoms with Gasteiger partial charge >= 0.3 is 12.1 Å². The lowest BCUT2D eigenvalue weighted by atomic mass is 10.2. The smallest absolute Gasteiger partial charge is 0.422 e. The molecular formula is C23H15F3N4O2. The van der Waals surface area contributed by atoms with Gasteiger partial charge in [-0.1, -0.05) is 0 Å². The van der Waals surface area contributed by atoms with Crippen LogP contribution in [0.4, 0.5) is 13.2 Å². The number of nitrogens with one attached hydrogen (secondary N) is 2. The zero-order chi connectivity index (χ0) is 22.3. The molecule has 2 aliphatic rings. The minimum atomic E-state index is -4.63. The van der Waals surface area contributed by atoms with E-state index in [4.69, 9.17) is 0 Å². The summed E-state index contributed by atoms with van der Waals surface area (Å²) >= 11 is 0. The van der Waals surface area contributed by atoms with Gasteiger partial charge in [0.05, 0.1) is 28.3 Å². The summed E-state index contributed by atoms with van der Waals surface area (Å²) < 4.78 is 42.4. The van der Waals surface area contributed by atoms with Gasteiger partial charge in [0.15, 0.2) is 6.61 Å². The van der Waals surface area contributed by atoms with Gasteiger partial charge in [0.25, 0.3) is 0 Å². The first-order chi connectivity index (χ1) is 15.3. The zero-order valence-electron chi connectivity index (χ0n) is 16.4. The Morgan fingerprint density at radius 3 is 2.03 bits per heavy atom. The molecule has 5 rings (SSSR count). The highest BCUT2D eigenvalue weighted by Gasteiger charge is 2.30. The van der Waals surface area contributed by atoms with Crippen LogP contribution >= 0.6 is 0 Å². The topological polar surface area (TPSA) is 83.7 Å². The Morgan fingerprint density at radius 2 is 1.38 bits per heavy atom. The van der Waals surface area contributed by atoms with Crippen molar-refractivity contribution in [3.8, 4) is 0 Å². The average molecular weight is 436 g/mol. The number of ether oxygens (including phenoxy) is 1. The van der Waals surface area contributed by atoms with Crippen molar-refractivity contribution in [1.29, 1.82) is 0 Å². The maximum absolute atomic E-state index is 12.6. The van der Waals surface area contributed by atoms with Crippen molar-refractivity contribution in [3.05, 3.63) is 70.8 Å². The SMILES string of the molecule is O=C(OCC(F)(F)F)c1c2nc(cc3ccc(cc4nc(cc5ccc1[nH]5)C=C4)[nH]3)C=C2. The van der Waals surface area contributed by atoms with Crippen molar-refractivity contribution in [1.82, 2.24) is 19.9 Å². The highest BCUT2D eigenvalue weighted by Crippen LogP contribution is 2.23. The van der Waals surface area contributed by atoms with Gasteiger partial charge < -0.3 is 14.7 Å². The molecule has 8 bridgehead atoms. The van der Waals surface area contributed by atoms with Crippen LogP contribution in [0.15, 0.2) is 42.5 Å². The van der Waals surface area contributed by atoms with Gasteiger partial charge in [-0.15, -0.1) is 0 Å². The van der Waals surface area contributed by atoms with Crippen LogP contribution in [0.2, 0.25) is 0 Å². The molecule has 0 saturated carbocycles. The van der Waals surface area contributed by atoms with E-state index in [1.54, 1.807) is 36.4 Å². The Hall–Kier alpha value is -4.14. The number of esters is 1. The number of halogens is 3. The van der Waals surface area contributed by atoms with Crippen LogP contribution in [0, 0.1) is 0 Å². The third-order valence-electron chi connectivity index (χ3n) is 4.79. The van der Waals surface area contributed by atoms with Crippen LogP contribution < -0.4 is 0 Å². The van der Waals surface area contributed by atoms with E-state index in [2.05, 4.69) is 24.7 Å². The molecule has 0 aromatic carbocycles. The molecule has 5 heterocycles. The normalized spacial score (nSPS) is 12.8. The van der Waals surface area contributed by atoms with Gasteiger partial charge in [-0.3, -0.25) is 0 Å². The number of alkyl halides is 3. The lowest BCUT2D eigenvalue weighted by Crippen LogP contribution is -2.21. The number of H-pyrrole nitrogens is 2. The first-order valence-electron chi connectivity index (χ1n) is 9.64. The molecule has 3 aromatic heterocycles. The van der Waals surface area contributed by atoms with Crippen LogP contribution in [0.1, 0.15) is 33.1 Å². The van der Waals surface area contributed by atoms with Crippen molar-refractivity contribution in [2.24, 2.45) is 0 Å². The fraction of sp³-hybridized carbons (Fsp3) is 0.0870. The molecule has 0 atom stereocenters. The lowest BCUT2D eigenvalue weighted by Gasteiger charge is -2.08. The maximum atomic E-state index is 12.6. The van der Waals surface area contributed by atoms with Crippen LogP contribution in [0.25, 0.3) is 46.4 Å². The predicted octanol–water partition coefficient (Wildman–Crippen LogP) is 5.37. The Labute approximate surface area is 179 Å². The largest absolute Gasteiger partial charge is 0.452 e. The number of aromatic nitrogens is 4. The Balaban J connectivity index is 1.76. The van der Waals surface area contributed by atoms with Crippen molar-refractivity contribution in [2.75, 3.05) is 6.61 Å². The van der Waals surface area contributed by atoms with Crippen LogP contribution in [-0.4, -0.2) is 38.7 Å². The summed E-state index contributed by atoms with van der Waals surface area (Å²) in [6.07, 6.45) is 2.32. The Kier molecular flexibility index (Phi) is 4.66. The minimum Gasteiger partial charge on any atom is -0.452 e. The number of hydrogen-bond donors (Lipinski definition) is 2. The standard InChI is InChI=1S/C23H15F3N4O2/c24-23(25,26)12-32-22(31)21-19-7-5-17(29-19)10-15-3-1-13(27-15)9-14-2-4-16(28-14)11-18-6-8-20(21)30-18/h1-11,27,30H,12H2. The van der Waals surface area contributed by atoms with Crippen molar-refractivity contribution in [2.45, 2.75) is 6.18 Å². The van der Waals surface area contributed by atoms with E-state index in [0.29, 0.717) is 22.4 Å². The number of nitrogens with zero attached hydrogens (tertiary/aromatic N) is 2. The van der Waals surface area contributed by atoms with E-state index in [0.717, 1.165) is 16.7 Å². The lowest BCUT2D eigenvalue weighted by molar-refractivity contribution is -0.161. The molecule has 32 heavy (non-hydrogen) atoms. The highest BCUT2D eigenvalue weighted by atomic mass is 19.4. The molecule has 6 nitrogen and oxygen atoms in total. The van der Waals surface area contributed by atoms with Crippen molar-refractivity contribution >= 4 is 52.3 Å². The Bertz CT molecular complexity index is 1440. The Morgan fingerprint density at radius 1 is 0.812 bits per heavy atom. The number of carbonyl (C=O) groups is 1. The van der Waals surface area contributed by atoms with E-state index in [9.17, 15) is 18.0 Å². The molecule has 9 heteroatoms. The fourth-order valence-corrected chi connectivity index (χ4v) is 3.44. The van der Waals surface area contributed by atoms with Gasteiger partial charge in [0.2, 0.25) is 0 Å². The predicted molar refractivity (Wildman–Crippen MR) is 115 cm³/mol. The van der Waals surface area contributed by atoms with E-state index in [1.165, 1.54) is 0 Å². The third-order valence-corrected chi connectivity index (χ3v) is 4.79. The van der Waals surface area contributed by atoms with Crippen LogP contribution in [0.5, 0.6) is 0 Å². The molecule has 0 unspecified atom stereocenters. The zero-order valence-corrected chi connectivity index (χ0v) is 16.4. The number of rotatable bonds is 2. The second-order valence-corrected chi connectivity index (χ2v) is 7.25. The summed E-state index contributed by atoms with van der Waals surface area (Å²) in [4.78, 5) is 27.9.